The molecule has 230 valence electrons. The molecule has 0 unspecified atom stereocenters. The van der Waals surface area contributed by atoms with E-state index < -0.39 is 0 Å². The summed E-state index contributed by atoms with van der Waals surface area (Å²) in [7, 11) is 0. The fraction of sp³-hybridized carbons (Fsp3) is 0.744. The third-order valence-corrected chi connectivity index (χ3v) is 8.62. The molecule has 0 radical (unpaired) electrons. The fourth-order valence-electron chi connectivity index (χ4n) is 5.63. The second kappa shape index (κ2) is 25.4. The van der Waals surface area contributed by atoms with Crippen LogP contribution in [0.1, 0.15) is 150 Å². The van der Waals surface area contributed by atoms with Crippen LogP contribution < -0.4 is 0 Å². The monoisotopic (exact) mass is 553 g/mol. The minimum Gasteiger partial charge on any atom is -0.377 e. The van der Waals surface area contributed by atoms with Gasteiger partial charge in [0.25, 0.3) is 0 Å². The minimum absolute atomic E-state index is 0.642. The lowest BCUT2D eigenvalue weighted by Crippen LogP contribution is -1.99. The highest BCUT2D eigenvalue weighted by Crippen LogP contribution is 2.21. The highest BCUT2D eigenvalue weighted by atomic mass is 16.5. The van der Waals surface area contributed by atoms with E-state index in [9.17, 15) is 0 Å². The molecule has 0 saturated carbocycles. The van der Waals surface area contributed by atoms with Crippen molar-refractivity contribution in [3.63, 3.8) is 0 Å². The lowest BCUT2D eigenvalue weighted by molar-refractivity contribution is 0.115. The lowest BCUT2D eigenvalue weighted by atomic mass is 9.92. The molecule has 0 heterocycles. The molecule has 0 aliphatic heterocycles. The van der Waals surface area contributed by atoms with Gasteiger partial charge in [-0.3, -0.25) is 0 Å². The second-order valence-corrected chi connectivity index (χ2v) is 13.3. The molecule has 0 bridgehead atoms. The van der Waals surface area contributed by atoms with E-state index in [1.54, 1.807) is 0 Å². The molecule has 0 aromatic heterocycles. The van der Waals surface area contributed by atoms with E-state index in [-0.39, 0.29) is 0 Å². The molecule has 0 aliphatic carbocycles. The Morgan fingerprint density at radius 2 is 1.10 bits per heavy atom. The fourth-order valence-corrected chi connectivity index (χ4v) is 5.63. The van der Waals surface area contributed by atoms with Crippen molar-refractivity contribution >= 4 is 0 Å². The van der Waals surface area contributed by atoms with Crippen LogP contribution in [-0.4, -0.2) is 6.61 Å². The van der Waals surface area contributed by atoms with E-state index in [0.717, 1.165) is 37.4 Å². The standard InChI is InChI=1S/C39H68O/c1-7-8-9-10-12-20-34(2)21-15-22-35(3)23-16-24-36(4)25-17-26-37(5)27-18-28-38(6)29-19-32-40-33-39-30-13-11-14-31-39/h11,13-14,16,18,24,28,30-31,34-38H,7-10,12,15,17,19-23,25-27,29,32-33H2,1-6H3/b24-16+,28-18+/t34-,35-,36-,37-,38-/m0/s1. The van der Waals surface area contributed by atoms with E-state index >= 15 is 0 Å². The van der Waals surface area contributed by atoms with Crippen molar-refractivity contribution in [2.45, 2.75) is 151 Å². The average Bonchev–Trinajstić information content (AvgIpc) is 2.93. The molecule has 0 aliphatic rings. The SMILES string of the molecule is CCCCCCC[C@H](C)CCC[C@H](C)C/C=C/[C@H](C)CCC[C@H](C)C/C=C/[C@H](C)CCCOCc1ccccc1. The van der Waals surface area contributed by atoms with Crippen LogP contribution in [0.15, 0.2) is 54.6 Å². The van der Waals surface area contributed by atoms with Gasteiger partial charge in [-0.25, -0.2) is 0 Å². The molecule has 40 heavy (non-hydrogen) atoms. The average molecular weight is 553 g/mol. The summed E-state index contributed by atoms with van der Waals surface area (Å²) in [6.45, 7) is 16.0. The molecule has 1 rings (SSSR count). The predicted molar refractivity (Wildman–Crippen MR) is 180 cm³/mol. The van der Waals surface area contributed by atoms with E-state index in [1.165, 1.54) is 102 Å². The van der Waals surface area contributed by atoms with Crippen LogP contribution in [0, 0.1) is 29.6 Å². The zero-order chi connectivity index (χ0) is 29.3. The molecule has 1 aromatic rings. The van der Waals surface area contributed by atoms with Gasteiger partial charge in [0.1, 0.15) is 0 Å². The van der Waals surface area contributed by atoms with Gasteiger partial charge in [0.05, 0.1) is 6.61 Å². The van der Waals surface area contributed by atoms with Crippen LogP contribution in [0.5, 0.6) is 0 Å². The van der Waals surface area contributed by atoms with Crippen molar-refractivity contribution in [3.8, 4) is 0 Å². The van der Waals surface area contributed by atoms with Crippen LogP contribution in [0.3, 0.4) is 0 Å². The summed E-state index contributed by atoms with van der Waals surface area (Å²) in [5, 5.41) is 0. The van der Waals surface area contributed by atoms with Crippen molar-refractivity contribution in [3.05, 3.63) is 60.2 Å². The van der Waals surface area contributed by atoms with Crippen molar-refractivity contribution in [2.75, 3.05) is 6.61 Å². The van der Waals surface area contributed by atoms with Gasteiger partial charge in [-0.15, -0.1) is 0 Å². The van der Waals surface area contributed by atoms with Crippen molar-refractivity contribution in [2.24, 2.45) is 29.6 Å². The first-order valence-electron chi connectivity index (χ1n) is 17.4. The van der Waals surface area contributed by atoms with Gasteiger partial charge in [-0.1, -0.05) is 167 Å². The van der Waals surface area contributed by atoms with Gasteiger partial charge in [-0.05, 0) is 67.3 Å². The van der Waals surface area contributed by atoms with Crippen molar-refractivity contribution < 1.29 is 4.74 Å². The largest absolute Gasteiger partial charge is 0.377 e. The molecule has 5 atom stereocenters. The van der Waals surface area contributed by atoms with Gasteiger partial charge in [0, 0.05) is 6.61 Å². The zero-order valence-corrected chi connectivity index (χ0v) is 27.7. The van der Waals surface area contributed by atoms with Gasteiger partial charge < -0.3 is 4.74 Å². The Morgan fingerprint density at radius 3 is 1.73 bits per heavy atom. The number of allylic oxidation sites excluding steroid dienone is 4. The summed E-state index contributed by atoms with van der Waals surface area (Å²) in [4.78, 5) is 0. The Hall–Kier alpha value is -1.34. The Morgan fingerprint density at radius 1 is 0.575 bits per heavy atom. The first-order chi connectivity index (χ1) is 19.4. The first kappa shape index (κ1) is 36.7. The molecule has 0 N–H and O–H groups in total. The third kappa shape index (κ3) is 22.4. The summed E-state index contributed by atoms with van der Waals surface area (Å²) < 4.78 is 5.83. The summed E-state index contributed by atoms with van der Waals surface area (Å²) in [5.41, 5.74) is 1.26. The maximum Gasteiger partial charge on any atom is 0.0716 e. The highest BCUT2D eigenvalue weighted by molar-refractivity contribution is 5.13. The number of rotatable bonds is 26. The molecule has 1 aromatic carbocycles. The Labute approximate surface area is 251 Å². The molecule has 0 saturated heterocycles. The van der Waals surface area contributed by atoms with Crippen LogP contribution >= 0.6 is 0 Å². The van der Waals surface area contributed by atoms with Crippen LogP contribution in [-0.2, 0) is 11.3 Å². The number of hydrogen-bond donors (Lipinski definition) is 0. The Balaban J connectivity index is 2.00. The number of unbranched alkanes of at least 4 members (excludes halogenated alkanes) is 4. The number of hydrogen-bond acceptors (Lipinski definition) is 1. The first-order valence-corrected chi connectivity index (χ1v) is 17.4. The summed E-state index contributed by atoms with van der Waals surface area (Å²) >= 11 is 0. The maximum atomic E-state index is 5.83. The van der Waals surface area contributed by atoms with Crippen molar-refractivity contribution in [1.82, 2.24) is 0 Å². The summed E-state index contributed by atoms with van der Waals surface area (Å²) in [5.74, 6) is 3.89. The smallest absolute Gasteiger partial charge is 0.0716 e. The lowest BCUT2D eigenvalue weighted by Gasteiger charge is -2.14. The Kier molecular flexibility index (Phi) is 23.3. The van der Waals surface area contributed by atoms with E-state index in [2.05, 4.69) is 96.2 Å². The van der Waals surface area contributed by atoms with Crippen molar-refractivity contribution in [1.29, 1.82) is 0 Å². The van der Waals surface area contributed by atoms with Crippen LogP contribution in [0.25, 0.3) is 0 Å². The molecular weight excluding hydrogens is 484 g/mol. The summed E-state index contributed by atoms with van der Waals surface area (Å²) in [6.07, 6.45) is 31.4. The van der Waals surface area contributed by atoms with E-state index in [0.29, 0.717) is 11.8 Å². The Bertz CT molecular complexity index is 720. The maximum absolute atomic E-state index is 5.83. The quantitative estimate of drug-likeness (QED) is 0.0820. The van der Waals surface area contributed by atoms with Crippen LogP contribution in [0.4, 0.5) is 0 Å². The van der Waals surface area contributed by atoms with Gasteiger partial charge in [-0.2, -0.15) is 0 Å². The highest BCUT2D eigenvalue weighted by Gasteiger charge is 2.06. The van der Waals surface area contributed by atoms with Gasteiger partial charge in [0.2, 0.25) is 0 Å². The van der Waals surface area contributed by atoms with E-state index in [4.69, 9.17) is 4.74 Å². The predicted octanol–water partition coefficient (Wildman–Crippen LogP) is 12.8. The number of ether oxygens (including phenoxy) is 1. The second-order valence-electron chi connectivity index (χ2n) is 13.3. The third-order valence-electron chi connectivity index (χ3n) is 8.62. The molecule has 1 heteroatoms. The normalized spacial score (nSPS) is 15.9. The van der Waals surface area contributed by atoms with Gasteiger partial charge in [0.15, 0.2) is 0 Å². The molecule has 0 amide bonds. The van der Waals surface area contributed by atoms with E-state index in [1.807, 2.05) is 0 Å². The molecule has 0 spiro atoms. The number of benzene rings is 1. The van der Waals surface area contributed by atoms with Crippen LogP contribution in [0.2, 0.25) is 0 Å². The zero-order valence-electron chi connectivity index (χ0n) is 27.7. The molecule has 0 fully saturated rings. The topological polar surface area (TPSA) is 9.23 Å². The summed E-state index contributed by atoms with van der Waals surface area (Å²) in [6, 6.07) is 10.5. The molecular formula is C39H68O. The van der Waals surface area contributed by atoms with Gasteiger partial charge >= 0.3 is 0 Å². The minimum atomic E-state index is 0.642. The molecule has 1 nitrogen and oxygen atoms in total.